The van der Waals surface area contributed by atoms with Gasteiger partial charge in [-0.15, -0.1) is 0 Å². The van der Waals surface area contributed by atoms with Crippen LogP contribution in [0.15, 0.2) is 30.3 Å². The zero-order chi connectivity index (χ0) is 12.4. The van der Waals surface area contributed by atoms with Crippen molar-refractivity contribution in [3.63, 3.8) is 0 Å². The molecule has 1 aromatic carbocycles. The Hall–Kier alpha value is -1.39. The second kappa shape index (κ2) is 4.71. The summed E-state index contributed by atoms with van der Waals surface area (Å²) >= 11 is 0. The zero-order valence-corrected chi connectivity index (χ0v) is 10.3. The molecule has 0 spiro atoms. The lowest BCUT2D eigenvalue weighted by Crippen LogP contribution is -2.59. The van der Waals surface area contributed by atoms with Crippen molar-refractivity contribution < 1.29 is 9.53 Å². The largest absolute Gasteiger partial charge is 0.360 e. The van der Waals surface area contributed by atoms with Gasteiger partial charge in [0.15, 0.2) is 0 Å². The van der Waals surface area contributed by atoms with Gasteiger partial charge in [-0.1, -0.05) is 30.3 Å². The minimum atomic E-state index is -0.550. The van der Waals surface area contributed by atoms with E-state index in [4.69, 9.17) is 4.74 Å². The highest BCUT2D eigenvalue weighted by Crippen LogP contribution is 2.40. The van der Waals surface area contributed by atoms with Gasteiger partial charge < -0.3 is 15.4 Å². The molecule has 0 aromatic heterocycles. The molecular formula is C14H18N2O2. The van der Waals surface area contributed by atoms with Crippen molar-refractivity contribution in [1.29, 1.82) is 0 Å². The zero-order valence-electron chi connectivity index (χ0n) is 10.3. The third kappa shape index (κ3) is 2.40. The topological polar surface area (TPSA) is 50.4 Å². The van der Waals surface area contributed by atoms with Gasteiger partial charge in [0.2, 0.25) is 0 Å². The quantitative estimate of drug-likeness (QED) is 0.809. The second-order valence-corrected chi connectivity index (χ2v) is 5.10. The van der Waals surface area contributed by atoms with Crippen molar-refractivity contribution in [1.82, 2.24) is 10.6 Å². The molecule has 0 unspecified atom stereocenters. The first kappa shape index (κ1) is 11.7. The van der Waals surface area contributed by atoms with E-state index >= 15 is 0 Å². The van der Waals surface area contributed by atoms with Gasteiger partial charge in [-0.3, -0.25) is 4.79 Å². The number of ether oxygens (including phenoxy) is 1. The summed E-state index contributed by atoms with van der Waals surface area (Å²) in [6.07, 6.45) is 1.68. The van der Waals surface area contributed by atoms with Gasteiger partial charge in [-0.2, -0.15) is 0 Å². The van der Waals surface area contributed by atoms with E-state index in [9.17, 15) is 4.79 Å². The molecule has 2 aliphatic rings. The number of nitrogens with one attached hydrogen (secondary N) is 2. The van der Waals surface area contributed by atoms with Gasteiger partial charge in [-0.25, -0.2) is 0 Å². The number of hydrogen-bond acceptors (Lipinski definition) is 3. The number of benzene rings is 1. The number of hydrogen-bond donors (Lipinski definition) is 2. The Bertz CT molecular complexity index is 425. The van der Waals surface area contributed by atoms with E-state index in [2.05, 4.69) is 10.6 Å². The van der Waals surface area contributed by atoms with E-state index < -0.39 is 5.60 Å². The van der Waals surface area contributed by atoms with Crippen LogP contribution in [-0.4, -0.2) is 30.6 Å². The lowest BCUT2D eigenvalue weighted by atomic mass is 10.1. The lowest BCUT2D eigenvalue weighted by molar-refractivity contribution is -0.137. The molecule has 2 fully saturated rings. The smallest absolute Gasteiger partial charge is 0.252 e. The van der Waals surface area contributed by atoms with Crippen molar-refractivity contribution in [3.05, 3.63) is 35.9 Å². The molecule has 1 saturated carbocycles. The summed E-state index contributed by atoms with van der Waals surface area (Å²) < 4.78 is 5.83. The fraction of sp³-hybridized carbons (Fsp3) is 0.500. The summed E-state index contributed by atoms with van der Waals surface area (Å²) in [6.45, 7) is 2.26. The van der Waals surface area contributed by atoms with Crippen LogP contribution in [0.3, 0.4) is 0 Å². The number of carbonyl (C=O) groups excluding carboxylic acids is 1. The second-order valence-electron chi connectivity index (χ2n) is 5.10. The summed E-state index contributed by atoms with van der Waals surface area (Å²) in [5.74, 6) is 0.0601. The van der Waals surface area contributed by atoms with E-state index in [0.717, 1.165) is 31.5 Å². The molecule has 3 rings (SSSR count). The maximum absolute atomic E-state index is 12.1. The van der Waals surface area contributed by atoms with Crippen molar-refractivity contribution >= 4 is 5.91 Å². The molecule has 1 aromatic rings. The summed E-state index contributed by atoms with van der Waals surface area (Å²) in [5, 5.41) is 6.17. The highest BCUT2D eigenvalue weighted by Gasteiger charge is 2.52. The maximum atomic E-state index is 12.1. The summed E-state index contributed by atoms with van der Waals surface area (Å²) in [4.78, 5) is 12.1. The van der Waals surface area contributed by atoms with Crippen LogP contribution >= 0.6 is 0 Å². The molecule has 1 saturated heterocycles. The van der Waals surface area contributed by atoms with Gasteiger partial charge in [0.1, 0.15) is 5.60 Å². The van der Waals surface area contributed by atoms with Crippen molar-refractivity contribution in [2.24, 2.45) is 0 Å². The van der Waals surface area contributed by atoms with E-state index in [0.29, 0.717) is 6.61 Å². The number of carbonyl (C=O) groups is 1. The van der Waals surface area contributed by atoms with E-state index in [1.165, 1.54) is 0 Å². The molecule has 18 heavy (non-hydrogen) atoms. The predicted molar refractivity (Wildman–Crippen MR) is 68.0 cm³/mol. The van der Waals surface area contributed by atoms with Crippen LogP contribution < -0.4 is 10.6 Å². The number of rotatable bonds is 5. The molecule has 1 amide bonds. The molecule has 1 aliphatic carbocycles. The Labute approximate surface area is 107 Å². The van der Waals surface area contributed by atoms with Crippen LogP contribution in [-0.2, 0) is 16.1 Å². The Morgan fingerprint density at radius 2 is 2.06 bits per heavy atom. The van der Waals surface area contributed by atoms with Crippen molar-refractivity contribution in [2.75, 3.05) is 13.1 Å². The third-order valence-corrected chi connectivity index (χ3v) is 3.59. The first-order valence-electron chi connectivity index (χ1n) is 6.48. The van der Waals surface area contributed by atoms with Crippen molar-refractivity contribution in [3.8, 4) is 0 Å². The summed E-state index contributed by atoms with van der Waals surface area (Å²) in [5.41, 5.74) is 0.563. The average Bonchev–Trinajstić information content (AvgIpc) is 3.14. The van der Waals surface area contributed by atoms with Crippen LogP contribution in [0.1, 0.15) is 18.4 Å². The lowest BCUT2D eigenvalue weighted by Gasteiger charge is -2.29. The standard InChI is InChI=1S/C14H18N2O2/c17-13(16-12-8-15-9-12)14(6-7-14)18-10-11-4-2-1-3-5-11/h1-5,12,15H,6-10H2,(H,16,17). The minimum Gasteiger partial charge on any atom is -0.360 e. The molecule has 1 heterocycles. The monoisotopic (exact) mass is 246 g/mol. The fourth-order valence-electron chi connectivity index (χ4n) is 2.05. The Morgan fingerprint density at radius 1 is 1.33 bits per heavy atom. The molecule has 0 atom stereocenters. The van der Waals surface area contributed by atoms with Gasteiger partial charge in [0.25, 0.3) is 5.91 Å². The average molecular weight is 246 g/mol. The molecular weight excluding hydrogens is 228 g/mol. The van der Waals surface area contributed by atoms with E-state index in [1.807, 2.05) is 30.3 Å². The maximum Gasteiger partial charge on any atom is 0.252 e. The van der Waals surface area contributed by atoms with Crippen LogP contribution in [0, 0.1) is 0 Å². The highest BCUT2D eigenvalue weighted by atomic mass is 16.5. The first-order chi connectivity index (χ1) is 8.78. The van der Waals surface area contributed by atoms with E-state index in [-0.39, 0.29) is 11.9 Å². The van der Waals surface area contributed by atoms with Gasteiger partial charge in [0, 0.05) is 13.1 Å². The highest BCUT2D eigenvalue weighted by molar-refractivity contribution is 5.88. The Balaban J connectivity index is 1.53. The molecule has 4 nitrogen and oxygen atoms in total. The Morgan fingerprint density at radius 3 is 2.61 bits per heavy atom. The van der Waals surface area contributed by atoms with Crippen molar-refractivity contribution in [2.45, 2.75) is 31.1 Å². The third-order valence-electron chi connectivity index (χ3n) is 3.59. The fourth-order valence-corrected chi connectivity index (χ4v) is 2.05. The molecule has 0 radical (unpaired) electrons. The van der Waals surface area contributed by atoms with Gasteiger partial charge >= 0.3 is 0 Å². The predicted octanol–water partition coefficient (Wildman–Crippen LogP) is 0.824. The molecule has 2 N–H and O–H groups in total. The van der Waals surface area contributed by atoms with E-state index in [1.54, 1.807) is 0 Å². The van der Waals surface area contributed by atoms with Crippen LogP contribution in [0.5, 0.6) is 0 Å². The molecule has 1 aliphatic heterocycles. The van der Waals surface area contributed by atoms with Gasteiger partial charge in [0.05, 0.1) is 12.6 Å². The summed E-state index contributed by atoms with van der Waals surface area (Å²) in [6, 6.07) is 10.3. The Kier molecular flexibility index (Phi) is 3.06. The minimum absolute atomic E-state index is 0.0601. The normalized spacial score (nSPS) is 21.1. The van der Waals surface area contributed by atoms with Crippen LogP contribution in [0.4, 0.5) is 0 Å². The molecule has 96 valence electrons. The molecule has 0 bridgehead atoms. The van der Waals surface area contributed by atoms with Gasteiger partial charge in [-0.05, 0) is 18.4 Å². The molecule has 4 heteroatoms. The first-order valence-corrected chi connectivity index (χ1v) is 6.48. The van der Waals surface area contributed by atoms with Crippen LogP contribution in [0.2, 0.25) is 0 Å². The van der Waals surface area contributed by atoms with Crippen LogP contribution in [0.25, 0.3) is 0 Å². The number of amides is 1. The summed E-state index contributed by atoms with van der Waals surface area (Å²) in [7, 11) is 0. The SMILES string of the molecule is O=C(NC1CNC1)C1(OCc2ccccc2)CC1.